The highest BCUT2D eigenvalue weighted by atomic mass is 15.1. The van der Waals surface area contributed by atoms with Crippen molar-refractivity contribution in [3.63, 3.8) is 0 Å². The Bertz CT molecular complexity index is 227. The first-order valence-electron chi connectivity index (χ1n) is 8.13. The van der Waals surface area contributed by atoms with Crippen LogP contribution in [0.25, 0.3) is 0 Å². The van der Waals surface area contributed by atoms with E-state index in [-0.39, 0.29) is 0 Å². The standard InChI is InChI=1S/C16H32N2/c1-18(13-15-7-3-4-8-15)12-11-16(14-17)9-5-2-6-10-16/h15H,2-14,17H2,1H3. The molecule has 2 N–H and O–H groups in total. The Hall–Kier alpha value is -0.0800. The Kier molecular flexibility index (Phi) is 5.50. The molecule has 2 heteroatoms. The van der Waals surface area contributed by atoms with Gasteiger partial charge in [0.25, 0.3) is 0 Å². The molecule has 2 aliphatic carbocycles. The molecule has 0 aromatic carbocycles. The van der Waals surface area contributed by atoms with Gasteiger partial charge >= 0.3 is 0 Å². The largest absolute Gasteiger partial charge is 0.330 e. The molecule has 0 unspecified atom stereocenters. The van der Waals surface area contributed by atoms with Crippen LogP contribution in [-0.4, -0.2) is 31.6 Å². The SMILES string of the molecule is CN(CCC1(CN)CCCCC1)CC1CCCC1. The van der Waals surface area contributed by atoms with Gasteiger partial charge in [-0.1, -0.05) is 32.1 Å². The van der Waals surface area contributed by atoms with Crippen LogP contribution in [0.1, 0.15) is 64.2 Å². The summed E-state index contributed by atoms with van der Waals surface area (Å²) in [5.41, 5.74) is 6.56. The zero-order valence-corrected chi connectivity index (χ0v) is 12.3. The summed E-state index contributed by atoms with van der Waals surface area (Å²) >= 11 is 0. The van der Waals surface area contributed by atoms with Crippen molar-refractivity contribution >= 4 is 0 Å². The van der Waals surface area contributed by atoms with Crippen molar-refractivity contribution in [2.45, 2.75) is 64.2 Å². The highest BCUT2D eigenvalue weighted by Crippen LogP contribution is 2.38. The number of nitrogens with two attached hydrogens (primary N) is 1. The van der Waals surface area contributed by atoms with Crippen molar-refractivity contribution in [2.24, 2.45) is 17.1 Å². The molecular formula is C16H32N2. The van der Waals surface area contributed by atoms with E-state index in [4.69, 9.17) is 5.73 Å². The predicted octanol–water partition coefficient (Wildman–Crippen LogP) is 3.41. The maximum Gasteiger partial charge on any atom is 0.000661 e. The van der Waals surface area contributed by atoms with E-state index in [1.165, 1.54) is 77.3 Å². The molecular weight excluding hydrogens is 220 g/mol. The van der Waals surface area contributed by atoms with Gasteiger partial charge in [0.15, 0.2) is 0 Å². The lowest BCUT2D eigenvalue weighted by Gasteiger charge is -2.37. The van der Waals surface area contributed by atoms with Crippen molar-refractivity contribution in [2.75, 3.05) is 26.7 Å². The molecule has 0 aromatic heterocycles. The Morgan fingerprint density at radius 2 is 1.72 bits per heavy atom. The van der Waals surface area contributed by atoms with E-state index in [9.17, 15) is 0 Å². The molecule has 0 saturated heterocycles. The summed E-state index contributed by atoms with van der Waals surface area (Å²) in [6.45, 7) is 3.48. The summed E-state index contributed by atoms with van der Waals surface area (Å²) in [6, 6.07) is 0. The lowest BCUT2D eigenvalue weighted by atomic mass is 9.72. The van der Waals surface area contributed by atoms with Crippen LogP contribution >= 0.6 is 0 Å². The van der Waals surface area contributed by atoms with Crippen molar-refractivity contribution in [3.8, 4) is 0 Å². The first-order valence-corrected chi connectivity index (χ1v) is 8.13. The number of nitrogens with zero attached hydrogens (tertiary/aromatic N) is 1. The Balaban J connectivity index is 1.71. The summed E-state index contributed by atoms with van der Waals surface area (Å²) in [6.07, 6.45) is 14.2. The molecule has 2 saturated carbocycles. The van der Waals surface area contributed by atoms with Crippen LogP contribution in [-0.2, 0) is 0 Å². The second-order valence-electron chi connectivity index (χ2n) is 6.93. The Labute approximate surface area is 113 Å². The quantitative estimate of drug-likeness (QED) is 0.785. The van der Waals surface area contributed by atoms with Crippen LogP contribution in [0.15, 0.2) is 0 Å². The van der Waals surface area contributed by atoms with Gasteiger partial charge in [0.05, 0.1) is 0 Å². The fourth-order valence-corrected chi connectivity index (χ4v) is 4.01. The maximum absolute atomic E-state index is 6.07. The first-order chi connectivity index (χ1) is 8.74. The molecule has 0 atom stereocenters. The highest BCUT2D eigenvalue weighted by Gasteiger charge is 2.30. The minimum atomic E-state index is 0.488. The summed E-state index contributed by atoms with van der Waals surface area (Å²) in [5.74, 6) is 0.982. The van der Waals surface area contributed by atoms with Crippen LogP contribution in [0.2, 0.25) is 0 Å². The van der Waals surface area contributed by atoms with Crippen molar-refractivity contribution < 1.29 is 0 Å². The van der Waals surface area contributed by atoms with Crippen molar-refractivity contribution in [3.05, 3.63) is 0 Å². The second kappa shape index (κ2) is 6.91. The van der Waals surface area contributed by atoms with Gasteiger partial charge in [0.2, 0.25) is 0 Å². The van der Waals surface area contributed by atoms with Gasteiger partial charge in [-0.2, -0.15) is 0 Å². The van der Waals surface area contributed by atoms with E-state index in [0.29, 0.717) is 5.41 Å². The average molecular weight is 252 g/mol. The third-order valence-electron chi connectivity index (χ3n) is 5.42. The maximum atomic E-state index is 6.07. The number of rotatable bonds is 6. The lowest BCUT2D eigenvalue weighted by molar-refractivity contribution is 0.150. The smallest absolute Gasteiger partial charge is 0.000661 e. The van der Waals surface area contributed by atoms with E-state index in [0.717, 1.165) is 12.5 Å². The van der Waals surface area contributed by atoms with Crippen molar-refractivity contribution in [1.82, 2.24) is 4.90 Å². The number of hydrogen-bond acceptors (Lipinski definition) is 2. The van der Waals surface area contributed by atoms with Crippen LogP contribution in [0, 0.1) is 11.3 Å². The van der Waals surface area contributed by atoms with Gasteiger partial charge < -0.3 is 10.6 Å². The fraction of sp³-hybridized carbons (Fsp3) is 1.00. The summed E-state index contributed by atoms with van der Waals surface area (Å²) in [4.78, 5) is 2.57. The number of hydrogen-bond donors (Lipinski definition) is 1. The van der Waals surface area contributed by atoms with Gasteiger partial charge in [-0.3, -0.25) is 0 Å². The van der Waals surface area contributed by atoms with Gasteiger partial charge in [-0.05, 0) is 63.6 Å². The minimum absolute atomic E-state index is 0.488. The molecule has 18 heavy (non-hydrogen) atoms. The molecule has 0 bridgehead atoms. The Morgan fingerprint density at radius 1 is 1.06 bits per heavy atom. The van der Waals surface area contributed by atoms with E-state index in [1.807, 2.05) is 0 Å². The molecule has 0 aromatic rings. The zero-order valence-electron chi connectivity index (χ0n) is 12.3. The highest BCUT2D eigenvalue weighted by molar-refractivity contribution is 4.84. The molecule has 0 heterocycles. The molecule has 0 spiro atoms. The van der Waals surface area contributed by atoms with E-state index in [1.54, 1.807) is 0 Å². The summed E-state index contributed by atoms with van der Waals surface area (Å²) in [5, 5.41) is 0. The molecule has 2 aliphatic rings. The van der Waals surface area contributed by atoms with Crippen LogP contribution in [0.5, 0.6) is 0 Å². The lowest BCUT2D eigenvalue weighted by Crippen LogP contribution is -2.37. The predicted molar refractivity (Wildman–Crippen MR) is 78.6 cm³/mol. The molecule has 0 amide bonds. The van der Waals surface area contributed by atoms with Gasteiger partial charge in [-0.15, -0.1) is 0 Å². The molecule has 2 rings (SSSR count). The summed E-state index contributed by atoms with van der Waals surface area (Å²) < 4.78 is 0. The van der Waals surface area contributed by atoms with Crippen molar-refractivity contribution in [1.29, 1.82) is 0 Å². The van der Waals surface area contributed by atoms with E-state index >= 15 is 0 Å². The third kappa shape index (κ3) is 3.96. The van der Waals surface area contributed by atoms with Gasteiger partial charge in [-0.25, -0.2) is 0 Å². The average Bonchev–Trinajstić information content (AvgIpc) is 2.90. The monoisotopic (exact) mass is 252 g/mol. The molecule has 2 nitrogen and oxygen atoms in total. The van der Waals surface area contributed by atoms with Gasteiger partial charge in [0, 0.05) is 6.54 Å². The fourth-order valence-electron chi connectivity index (χ4n) is 4.01. The normalized spacial score (nSPS) is 24.8. The topological polar surface area (TPSA) is 29.3 Å². The minimum Gasteiger partial charge on any atom is -0.330 e. The van der Waals surface area contributed by atoms with E-state index < -0.39 is 0 Å². The summed E-state index contributed by atoms with van der Waals surface area (Å²) in [7, 11) is 2.31. The van der Waals surface area contributed by atoms with Crippen LogP contribution in [0.3, 0.4) is 0 Å². The second-order valence-corrected chi connectivity index (χ2v) is 6.93. The van der Waals surface area contributed by atoms with Crippen LogP contribution < -0.4 is 5.73 Å². The molecule has 0 aliphatic heterocycles. The first kappa shape index (κ1) is 14.3. The molecule has 2 fully saturated rings. The Morgan fingerprint density at radius 3 is 2.33 bits per heavy atom. The molecule has 106 valence electrons. The zero-order chi connectivity index (χ0) is 12.8. The van der Waals surface area contributed by atoms with Crippen LogP contribution in [0.4, 0.5) is 0 Å². The van der Waals surface area contributed by atoms with Gasteiger partial charge in [0.1, 0.15) is 0 Å². The van der Waals surface area contributed by atoms with E-state index in [2.05, 4.69) is 11.9 Å². The molecule has 0 radical (unpaired) electrons. The third-order valence-corrected chi connectivity index (χ3v) is 5.42.